The Labute approximate surface area is 79.2 Å². The van der Waals surface area contributed by atoms with Crippen LogP contribution in [-0.2, 0) is 56.7 Å². The summed E-state index contributed by atoms with van der Waals surface area (Å²) < 4.78 is 8.66. The molecule has 0 aromatic rings. The van der Waals surface area contributed by atoms with E-state index in [-0.39, 0.29) is 52.1 Å². The molecule has 9 heteroatoms. The van der Waals surface area contributed by atoms with Crippen LogP contribution in [0.3, 0.4) is 0 Å². The van der Waals surface area contributed by atoms with E-state index in [1.54, 1.807) is 0 Å². The van der Waals surface area contributed by atoms with Gasteiger partial charge in [-0.05, 0) is 0 Å². The van der Waals surface area contributed by atoms with Crippen molar-refractivity contribution in [1.29, 1.82) is 0 Å². The average Bonchev–Trinajstić information content (AvgIpc) is 0.722. The molecule has 0 unspecified atom stereocenters. The molecule has 0 aromatic heterocycles. The van der Waals surface area contributed by atoms with Crippen molar-refractivity contribution in [3.63, 3.8) is 0 Å². The number of rotatable bonds is 0. The largest absolute Gasteiger partial charge is 4.00 e. The minimum atomic E-state index is -5.14. The van der Waals surface area contributed by atoms with E-state index in [1.807, 2.05) is 0 Å². The predicted molar refractivity (Wildman–Crippen MR) is 11.2 cm³/mol. The molecule has 48 valence electrons. The summed E-state index contributed by atoms with van der Waals surface area (Å²) in [5.74, 6) is 0. The molecule has 9 heavy (non-hydrogen) atoms. The van der Waals surface area contributed by atoms with Crippen LogP contribution in [0.15, 0.2) is 0 Å². The predicted octanol–water partition coefficient (Wildman–Crippen LogP) is -2.44. The molecule has 0 fully saturated rings. The van der Waals surface area contributed by atoms with Crippen LogP contribution in [0.4, 0.5) is 0 Å². The van der Waals surface area contributed by atoms with Crippen LogP contribution >= 0.6 is 7.82 Å². The second kappa shape index (κ2) is 12.1. The summed E-state index contributed by atoms with van der Waals surface area (Å²) in [4.78, 5) is 24.3. The Hall–Kier alpha value is 1.37. The zero-order chi connectivity index (χ0) is 4.50. The second-order valence-electron chi connectivity index (χ2n) is 0.469. The average molecular weight is 241 g/mol. The molecule has 1 N–H and O–H groups in total. The van der Waals surface area contributed by atoms with Gasteiger partial charge in [-0.15, -0.1) is 0 Å². The smallest absolute Gasteiger partial charge is 2.00 e. The topological polar surface area (TPSA) is 140 Å². The Bertz CT molecular complexity index is 59.2. The van der Waals surface area contributed by atoms with E-state index in [9.17, 15) is 0 Å². The third-order valence-corrected chi connectivity index (χ3v) is 0. The maximum atomic E-state index is 8.66. The van der Waals surface area contributed by atoms with E-state index in [2.05, 4.69) is 0 Å². The van der Waals surface area contributed by atoms with Gasteiger partial charge in [-0.25, -0.2) is 0 Å². The summed E-state index contributed by atoms with van der Waals surface area (Å²) in [5, 5.41) is 0. The van der Waals surface area contributed by atoms with Gasteiger partial charge < -0.3 is 30.2 Å². The third kappa shape index (κ3) is 272. The van der Waals surface area contributed by atoms with Crippen LogP contribution < -0.4 is 9.79 Å². The summed E-state index contributed by atoms with van der Waals surface area (Å²) in [6.45, 7) is 0. The van der Waals surface area contributed by atoms with E-state index in [4.69, 9.17) is 19.2 Å². The SMILES string of the molecule is O=P([O-])([O-])O.[O-2].[O-2].[Ti+4].[Zn+2]. The normalized spacial score (nSPS) is 6.56. The second-order valence-corrected chi connectivity index (χ2v) is 1.41. The quantitative estimate of drug-likeness (QED) is 0.371. The summed E-state index contributed by atoms with van der Waals surface area (Å²) in [5.41, 5.74) is 0. The van der Waals surface area contributed by atoms with Gasteiger partial charge in [-0.1, -0.05) is 0 Å². The number of phosphoric acid groups is 1. The van der Waals surface area contributed by atoms with Crippen LogP contribution in [0, 0.1) is 0 Å². The van der Waals surface area contributed by atoms with Crippen LogP contribution in [-0.4, -0.2) is 4.89 Å². The van der Waals surface area contributed by atoms with Crippen LogP contribution in [0.5, 0.6) is 0 Å². The third-order valence-electron chi connectivity index (χ3n) is 0. The van der Waals surface area contributed by atoms with Gasteiger partial charge in [0.05, 0.1) is 7.82 Å². The summed E-state index contributed by atoms with van der Waals surface area (Å²) in [7, 11) is -5.14. The van der Waals surface area contributed by atoms with Crippen molar-refractivity contribution in [2.24, 2.45) is 0 Å². The molecule has 0 heterocycles. The zero-order valence-electron chi connectivity index (χ0n) is 4.14. The molecule has 0 aliphatic heterocycles. The first kappa shape index (κ1) is 31.6. The van der Waals surface area contributed by atoms with Gasteiger partial charge in [-0.2, -0.15) is 0 Å². The minimum Gasteiger partial charge on any atom is -2.00 e. The molecule has 0 rings (SSSR count). The van der Waals surface area contributed by atoms with Gasteiger partial charge in [0.1, 0.15) is 0 Å². The first-order valence-electron chi connectivity index (χ1n) is 0.748. The van der Waals surface area contributed by atoms with Gasteiger partial charge in [-0.3, -0.25) is 0 Å². The van der Waals surface area contributed by atoms with Gasteiger partial charge in [0, 0.05) is 0 Å². The van der Waals surface area contributed by atoms with Crippen molar-refractivity contribution in [1.82, 2.24) is 0 Å². The summed E-state index contributed by atoms with van der Waals surface area (Å²) in [6.07, 6.45) is 0. The van der Waals surface area contributed by atoms with Crippen molar-refractivity contribution in [2.45, 2.75) is 0 Å². The van der Waals surface area contributed by atoms with E-state index in [1.165, 1.54) is 0 Å². The Morgan fingerprint density at radius 2 is 1.22 bits per heavy atom. The Morgan fingerprint density at radius 1 is 1.22 bits per heavy atom. The molecule has 0 aromatic carbocycles. The standard InChI is InChI=1S/H3O4P.2O.Ti.Zn/c1-5(2,3)4;;;;/h(H3,1,2,3,4);;;;/q;2*-2;+4;+2/p-2. The summed E-state index contributed by atoms with van der Waals surface area (Å²) >= 11 is 0. The molecule has 0 bridgehead atoms. The van der Waals surface area contributed by atoms with Crippen molar-refractivity contribution in [2.75, 3.05) is 0 Å². The summed E-state index contributed by atoms with van der Waals surface area (Å²) in [6, 6.07) is 0. The number of hydrogen-bond donors (Lipinski definition) is 1. The Kier molecular flexibility index (Phi) is 42.4. The molecule has 0 aliphatic carbocycles. The van der Waals surface area contributed by atoms with Crippen molar-refractivity contribution < 1.29 is 71.4 Å². The van der Waals surface area contributed by atoms with Gasteiger partial charge in [0.2, 0.25) is 0 Å². The molecule has 0 radical (unpaired) electrons. The van der Waals surface area contributed by atoms with E-state index < -0.39 is 7.82 Å². The molecule has 0 aliphatic rings. The van der Waals surface area contributed by atoms with Crippen LogP contribution in [0.2, 0.25) is 0 Å². The molecule has 0 atom stereocenters. The van der Waals surface area contributed by atoms with Crippen molar-refractivity contribution >= 4 is 7.82 Å². The maximum Gasteiger partial charge on any atom is 4.00 e. The molecule has 0 amide bonds. The Balaban J connectivity index is -0.0000000133. The Morgan fingerprint density at radius 3 is 1.22 bits per heavy atom. The molecular weight excluding hydrogens is 240 g/mol. The minimum absolute atomic E-state index is 0. The van der Waals surface area contributed by atoms with E-state index in [0.717, 1.165) is 0 Å². The maximum absolute atomic E-state index is 8.66. The van der Waals surface area contributed by atoms with E-state index >= 15 is 0 Å². The van der Waals surface area contributed by atoms with Gasteiger partial charge in [0.15, 0.2) is 0 Å². The number of hydrogen-bond acceptors (Lipinski definition) is 3. The van der Waals surface area contributed by atoms with E-state index in [0.29, 0.717) is 0 Å². The van der Waals surface area contributed by atoms with Crippen molar-refractivity contribution in [3.8, 4) is 0 Å². The first-order chi connectivity index (χ1) is 2.00. The molecule has 0 spiro atoms. The van der Waals surface area contributed by atoms with Gasteiger partial charge in [0.25, 0.3) is 0 Å². The fourth-order valence-corrected chi connectivity index (χ4v) is 0. The fraction of sp³-hybridized carbons (Fsp3) is 0. The monoisotopic (exact) mass is 240 g/mol. The van der Waals surface area contributed by atoms with Gasteiger partial charge >= 0.3 is 41.2 Å². The first-order valence-corrected chi connectivity index (χ1v) is 2.24. The molecule has 0 saturated carbocycles. The fourth-order valence-electron chi connectivity index (χ4n) is 0. The molecule has 6 nitrogen and oxygen atoms in total. The van der Waals surface area contributed by atoms with Crippen LogP contribution in [0.25, 0.3) is 0 Å². The van der Waals surface area contributed by atoms with Crippen LogP contribution in [0.1, 0.15) is 0 Å². The van der Waals surface area contributed by atoms with Crippen molar-refractivity contribution in [3.05, 3.63) is 0 Å². The molecule has 0 saturated heterocycles. The molecular formula is HO6PTiZn. The zero-order valence-corrected chi connectivity index (χ0v) is 9.57.